The second-order valence-corrected chi connectivity index (χ2v) is 13.9. The average molecular weight is 677 g/mol. The van der Waals surface area contributed by atoms with Gasteiger partial charge in [0, 0.05) is 21.5 Å². The molecule has 0 spiro atoms. The fraction of sp³-hybridized carbons (Fsp3) is 0.628. The summed E-state index contributed by atoms with van der Waals surface area (Å²) in [4.78, 5) is 26.6. The van der Waals surface area contributed by atoms with Gasteiger partial charge in [0.2, 0.25) is 0 Å². The Balaban J connectivity index is 1.92. The van der Waals surface area contributed by atoms with Gasteiger partial charge in [0.15, 0.2) is 0 Å². The van der Waals surface area contributed by atoms with Crippen LogP contribution in [0.4, 0.5) is 9.59 Å². The highest BCUT2D eigenvalue weighted by Gasteiger charge is 2.23. The average Bonchev–Trinajstić information content (AvgIpc) is 3.11. The van der Waals surface area contributed by atoms with Crippen LogP contribution in [0.1, 0.15) is 149 Å². The highest BCUT2D eigenvalue weighted by Crippen LogP contribution is 2.43. The molecule has 3 aromatic carbocycles. The minimum Gasteiger partial charge on any atom is -0.434 e. The van der Waals surface area contributed by atoms with Crippen molar-refractivity contribution in [3.8, 4) is 11.5 Å². The Morgan fingerprint density at radius 2 is 0.939 bits per heavy atom. The normalized spacial score (nSPS) is 12.6. The number of aryl methyl sites for hydroxylation is 1. The molecule has 6 heteroatoms. The van der Waals surface area contributed by atoms with Crippen LogP contribution in [0, 0.1) is 11.8 Å². The Kier molecular flexibility index (Phi) is 19.0. The topological polar surface area (TPSA) is 71.1 Å². The van der Waals surface area contributed by atoms with Gasteiger partial charge in [0.1, 0.15) is 11.5 Å². The van der Waals surface area contributed by atoms with Gasteiger partial charge in [0.25, 0.3) is 0 Å². The van der Waals surface area contributed by atoms with Crippen molar-refractivity contribution in [3.63, 3.8) is 0 Å². The van der Waals surface area contributed by atoms with E-state index in [1.807, 2.05) is 30.3 Å². The molecule has 0 bridgehead atoms. The molecule has 0 aliphatic carbocycles. The summed E-state index contributed by atoms with van der Waals surface area (Å²) in [5.74, 6) is 1.50. The monoisotopic (exact) mass is 676 g/mol. The zero-order valence-electron chi connectivity index (χ0n) is 31.3. The minimum atomic E-state index is -0.704. The van der Waals surface area contributed by atoms with Crippen molar-refractivity contribution in [2.24, 2.45) is 11.8 Å². The summed E-state index contributed by atoms with van der Waals surface area (Å²) in [5.41, 5.74) is 1.14. The lowest BCUT2D eigenvalue weighted by Gasteiger charge is -2.19. The first-order valence-electron chi connectivity index (χ1n) is 19.6. The summed E-state index contributed by atoms with van der Waals surface area (Å²) in [5, 5.41) is 2.78. The molecule has 3 aromatic rings. The van der Waals surface area contributed by atoms with Crippen molar-refractivity contribution in [3.05, 3.63) is 48.0 Å². The number of hydrogen-bond acceptors (Lipinski definition) is 6. The zero-order valence-corrected chi connectivity index (χ0v) is 31.3. The van der Waals surface area contributed by atoms with Crippen LogP contribution in [0.25, 0.3) is 21.5 Å². The number of ether oxygens (including phenoxy) is 4. The molecule has 0 fully saturated rings. The van der Waals surface area contributed by atoms with Gasteiger partial charge < -0.3 is 18.9 Å². The Bertz CT molecular complexity index is 1400. The van der Waals surface area contributed by atoms with E-state index in [4.69, 9.17) is 18.9 Å². The van der Waals surface area contributed by atoms with Gasteiger partial charge in [0.05, 0.1) is 13.2 Å². The number of carbonyl (C=O) groups is 2. The smallest absolute Gasteiger partial charge is 0.434 e. The lowest BCUT2D eigenvalue weighted by molar-refractivity contribution is 0.0792. The van der Waals surface area contributed by atoms with Gasteiger partial charge >= 0.3 is 12.3 Å². The molecule has 0 saturated carbocycles. The third-order valence-electron chi connectivity index (χ3n) is 9.67. The summed E-state index contributed by atoms with van der Waals surface area (Å²) in [6.07, 6.45) is 18.5. The van der Waals surface area contributed by atoms with Crippen LogP contribution in [-0.2, 0) is 15.9 Å². The van der Waals surface area contributed by atoms with Crippen molar-refractivity contribution in [2.45, 2.75) is 150 Å². The van der Waals surface area contributed by atoms with E-state index in [-0.39, 0.29) is 0 Å². The largest absolute Gasteiger partial charge is 0.513 e. The first-order chi connectivity index (χ1) is 23.9. The zero-order chi connectivity index (χ0) is 35.3. The molecular formula is C43H64O6. The fourth-order valence-electron chi connectivity index (χ4n) is 6.67. The molecule has 0 N–H and O–H groups in total. The predicted octanol–water partition coefficient (Wildman–Crippen LogP) is 13.5. The standard InChI is InChI=1S/C43H64O6/c1-6-11-16-23-33-28-29-38-39(30-33)41(49-43(45)47-32-35(22-15-10-5)25-18-13-8-3)37-27-20-19-26-36(37)40(38)48-42(44)46-31-34(21-14-9-4)24-17-12-7-2/h19-20,26-30,34-35H,6-18,21-25,31-32H2,1-5H3. The molecule has 0 aliphatic rings. The van der Waals surface area contributed by atoms with Crippen molar-refractivity contribution < 1.29 is 28.5 Å². The van der Waals surface area contributed by atoms with Crippen molar-refractivity contribution in [1.29, 1.82) is 0 Å². The maximum atomic E-state index is 13.3. The lowest BCUT2D eigenvalue weighted by Crippen LogP contribution is -2.18. The Labute approximate surface area is 296 Å². The van der Waals surface area contributed by atoms with Crippen LogP contribution >= 0.6 is 0 Å². The number of rotatable bonds is 24. The Morgan fingerprint density at radius 3 is 1.43 bits per heavy atom. The molecule has 2 unspecified atom stereocenters. The van der Waals surface area contributed by atoms with Gasteiger partial charge in [-0.3, -0.25) is 0 Å². The number of fused-ring (bicyclic) bond motifs is 2. The number of unbranched alkanes of at least 4 members (excludes halogenated alkanes) is 8. The predicted molar refractivity (Wildman–Crippen MR) is 203 cm³/mol. The molecule has 0 aliphatic heterocycles. The third kappa shape index (κ3) is 13.5. The van der Waals surface area contributed by atoms with Crippen molar-refractivity contribution in [1.82, 2.24) is 0 Å². The van der Waals surface area contributed by atoms with Crippen LogP contribution in [0.3, 0.4) is 0 Å². The van der Waals surface area contributed by atoms with E-state index in [2.05, 4.69) is 46.8 Å². The summed E-state index contributed by atoms with van der Waals surface area (Å²) in [6, 6.07) is 13.7. The first-order valence-corrected chi connectivity index (χ1v) is 19.6. The molecule has 0 aromatic heterocycles. The maximum Gasteiger partial charge on any atom is 0.513 e. The van der Waals surface area contributed by atoms with Gasteiger partial charge in [-0.1, -0.05) is 148 Å². The molecule has 0 heterocycles. The van der Waals surface area contributed by atoms with Gasteiger partial charge in [-0.25, -0.2) is 9.59 Å². The van der Waals surface area contributed by atoms with Gasteiger partial charge in [-0.15, -0.1) is 0 Å². The minimum absolute atomic E-state index is 0.327. The SMILES string of the molecule is CCCCCc1ccc2c(OC(=O)OCC(CCCC)CCCCC)c3ccccc3c(OC(=O)OCC(CCCC)CCCCC)c2c1. The van der Waals surface area contributed by atoms with Crippen LogP contribution in [0.15, 0.2) is 42.5 Å². The molecule has 2 atom stereocenters. The van der Waals surface area contributed by atoms with E-state index in [1.165, 1.54) is 25.7 Å². The van der Waals surface area contributed by atoms with Crippen LogP contribution < -0.4 is 9.47 Å². The first kappa shape index (κ1) is 40.2. The Hall–Kier alpha value is -3.28. The molecule has 0 amide bonds. The molecule has 0 saturated heterocycles. The summed E-state index contributed by atoms with van der Waals surface area (Å²) in [7, 11) is 0. The van der Waals surface area contributed by atoms with E-state index >= 15 is 0 Å². The highest BCUT2D eigenvalue weighted by molar-refractivity contribution is 6.12. The summed E-state index contributed by atoms with van der Waals surface area (Å²) >= 11 is 0. The van der Waals surface area contributed by atoms with Gasteiger partial charge in [-0.05, 0) is 62.0 Å². The second-order valence-electron chi connectivity index (χ2n) is 13.9. The molecular weight excluding hydrogens is 612 g/mol. The van der Waals surface area contributed by atoms with E-state index in [0.29, 0.717) is 52.7 Å². The molecule has 49 heavy (non-hydrogen) atoms. The van der Waals surface area contributed by atoms with Crippen molar-refractivity contribution >= 4 is 33.9 Å². The second kappa shape index (κ2) is 23.2. The quantitative estimate of drug-likeness (QED) is 0.0407. The van der Waals surface area contributed by atoms with E-state index in [9.17, 15) is 9.59 Å². The summed E-state index contributed by atoms with van der Waals surface area (Å²) in [6.45, 7) is 11.7. The summed E-state index contributed by atoms with van der Waals surface area (Å²) < 4.78 is 23.7. The maximum absolute atomic E-state index is 13.3. The van der Waals surface area contributed by atoms with E-state index < -0.39 is 12.3 Å². The number of benzene rings is 3. The molecule has 3 rings (SSSR count). The van der Waals surface area contributed by atoms with Gasteiger partial charge in [-0.2, -0.15) is 0 Å². The number of carbonyl (C=O) groups excluding carboxylic acids is 2. The van der Waals surface area contributed by atoms with Crippen molar-refractivity contribution in [2.75, 3.05) is 13.2 Å². The van der Waals surface area contributed by atoms with Crippen LogP contribution in [0.5, 0.6) is 11.5 Å². The third-order valence-corrected chi connectivity index (χ3v) is 9.67. The Morgan fingerprint density at radius 1 is 0.510 bits per heavy atom. The van der Waals surface area contributed by atoms with Crippen LogP contribution in [0.2, 0.25) is 0 Å². The molecule has 272 valence electrons. The van der Waals surface area contributed by atoms with Crippen LogP contribution in [-0.4, -0.2) is 25.5 Å². The lowest BCUT2D eigenvalue weighted by atomic mass is 9.96. The number of hydrogen-bond donors (Lipinski definition) is 0. The fourth-order valence-corrected chi connectivity index (χ4v) is 6.67. The highest BCUT2D eigenvalue weighted by atomic mass is 16.7. The van der Waals surface area contributed by atoms with E-state index in [1.54, 1.807) is 0 Å². The molecule has 0 radical (unpaired) electrons. The molecule has 6 nitrogen and oxygen atoms in total. The van der Waals surface area contributed by atoms with E-state index in [0.717, 1.165) is 101 Å².